The summed E-state index contributed by atoms with van der Waals surface area (Å²) in [4.78, 5) is 66.2. The van der Waals surface area contributed by atoms with Crippen molar-refractivity contribution in [1.82, 2.24) is 31.2 Å². The Morgan fingerprint density at radius 3 is 2.28 bits per heavy atom. The molecule has 0 spiro atoms. The van der Waals surface area contributed by atoms with Gasteiger partial charge in [0.05, 0.1) is 25.4 Å². The highest BCUT2D eigenvalue weighted by molar-refractivity contribution is 5.94. The molecular formula is C18H26N6O8. The molecule has 4 atom stereocenters. The van der Waals surface area contributed by atoms with Gasteiger partial charge in [0.15, 0.2) is 0 Å². The van der Waals surface area contributed by atoms with E-state index in [4.69, 9.17) is 10.2 Å². The Hall–Kier alpha value is -3.52. The largest absolute Gasteiger partial charge is 0.481 e. The molecule has 0 saturated carbocycles. The minimum atomic E-state index is -1.72. The summed E-state index contributed by atoms with van der Waals surface area (Å²) in [6.07, 6.45) is 3.10. The van der Waals surface area contributed by atoms with Crippen LogP contribution in [0.2, 0.25) is 0 Å². The number of aliphatic hydroxyl groups is 1. The van der Waals surface area contributed by atoms with E-state index in [1.807, 2.05) is 0 Å². The Morgan fingerprint density at radius 2 is 1.75 bits per heavy atom. The quantitative estimate of drug-likeness (QED) is 0.157. The summed E-state index contributed by atoms with van der Waals surface area (Å²) >= 11 is 0. The number of nitrogens with one attached hydrogen (secondary N) is 5. The lowest BCUT2D eigenvalue weighted by Crippen LogP contribution is -2.58. The second kappa shape index (κ2) is 11.8. The summed E-state index contributed by atoms with van der Waals surface area (Å²) < 4.78 is 0. The van der Waals surface area contributed by atoms with Crippen LogP contribution in [0, 0.1) is 0 Å². The number of aromatic nitrogens is 2. The van der Waals surface area contributed by atoms with Gasteiger partial charge >= 0.3 is 11.9 Å². The van der Waals surface area contributed by atoms with Crippen LogP contribution in [0.1, 0.15) is 25.0 Å². The summed E-state index contributed by atoms with van der Waals surface area (Å²) in [7, 11) is 0. The predicted molar refractivity (Wildman–Crippen MR) is 106 cm³/mol. The molecule has 0 aliphatic carbocycles. The first-order valence-corrected chi connectivity index (χ1v) is 9.88. The normalized spacial score (nSPS) is 18.2. The van der Waals surface area contributed by atoms with Gasteiger partial charge in [-0.15, -0.1) is 0 Å². The number of rotatable bonds is 12. The molecule has 8 N–H and O–H groups in total. The third-order valence-corrected chi connectivity index (χ3v) is 4.80. The Labute approximate surface area is 182 Å². The van der Waals surface area contributed by atoms with E-state index in [1.54, 1.807) is 0 Å². The van der Waals surface area contributed by atoms with Crippen molar-refractivity contribution in [1.29, 1.82) is 0 Å². The van der Waals surface area contributed by atoms with E-state index in [-0.39, 0.29) is 6.42 Å². The van der Waals surface area contributed by atoms with E-state index < -0.39 is 66.9 Å². The van der Waals surface area contributed by atoms with Crippen LogP contribution in [0.15, 0.2) is 12.5 Å². The second-order valence-corrected chi connectivity index (χ2v) is 7.23. The number of aliphatic carboxylic acids is 2. The molecule has 2 heterocycles. The van der Waals surface area contributed by atoms with Gasteiger partial charge in [0.1, 0.15) is 18.1 Å². The summed E-state index contributed by atoms with van der Waals surface area (Å²) in [6, 6.07) is -4.90. The zero-order chi connectivity index (χ0) is 23.7. The topological polar surface area (TPSA) is 223 Å². The number of imidazole rings is 1. The molecule has 1 saturated heterocycles. The van der Waals surface area contributed by atoms with Crippen molar-refractivity contribution in [2.24, 2.45) is 0 Å². The fourth-order valence-corrected chi connectivity index (χ4v) is 3.12. The number of carboxylic acid groups (broad SMARTS) is 2. The molecule has 2 rings (SSSR count). The van der Waals surface area contributed by atoms with E-state index in [9.17, 15) is 29.1 Å². The van der Waals surface area contributed by atoms with Gasteiger partial charge in [0.2, 0.25) is 17.7 Å². The number of aliphatic hydroxyl groups excluding tert-OH is 1. The van der Waals surface area contributed by atoms with E-state index in [0.717, 1.165) is 6.42 Å². The molecule has 3 amide bonds. The average Bonchev–Trinajstić information content (AvgIpc) is 3.44. The average molecular weight is 454 g/mol. The van der Waals surface area contributed by atoms with E-state index in [1.165, 1.54) is 12.5 Å². The van der Waals surface area contributed by atoms with Gasteiger partial charge in [-0.25, -0.2) is 9.78 Å². The molecule has 0 radical (unpaired) electrons. The first-order chi connectivity index (χ1) is 15.2. The number of carbonyl (C=O) groups excluding carboxylic acids is 3. The Balaban J connectivity index is 2.09. The van der Waals surface area contributed by atoms with Crippen LogP contribution in [-0.2, 0) is 30.4 Å². The van der Waals surface area contributed by atoms with Crippen LogP contribution in [-0.4, -0.2) is 92.3 Å². The zero-order valence-electron chi connectivity index (χ0n) is 17.0. The highest BCUT2D eigenvalue weighted by Gasteiger charge is 2.32. The zero-order valence-corrected chi connectivity index (χ0v) is 17.0. The molecule has 1 aromatic heterocycles. The lowest BCUT2D eigenvalue weighted by molar-refractivity contribution is -0.147. The van der Waals surface area contributed by atoms with Crippen molar-refractivity contribution in [2.75, 3.05) is 13.2 Å². The first-order valence-electron chi connectivity index (χ1n) is 9.88. The number of H-pyrrole nitrogens is 1. The molecule has 14 heteroatoms. The van der Waals surface area contributed by atoms with Crippen molar-refractivity contribution in [3.8, 4) is 0 Å². The summed E-state index contributed by atoms with van der Waals surface area (Å²) in [5.74, 6) is -5.29. The number of hydrogen-bond acceptors (Lipinski definition) is 8. The first kappa shape index (κ1) is 24.7. The molecule has 1 fully saturated rings. The fourth-order valence-electron chi connectivity index (χ4n) is 3.12. The summed E-state index contributed by atoms with van der Waals surface area (Å²) in [5, 5.41) is 37.4. The smallest absolute Gasteiger partial charge is 0.326 e. The fraction of sp³-hybridized carbons (Fsp3) is 0.556. The van der Waals surface area contributed by atoms with Gasteiger partial charge in [-0.2, -0.15) is 0 Å². The maximum atomic E-state index is 12.7. The molecule has 1 aliphatic rings. The maximum Gasteiger partial charge on any atom is 0.326 e. The summed E-state index contributed by atoms with van der Waals surface area (Å²) in [5.41, 5.74) is 0.426. The van der Waals surface area contributed by atoms with Gasteiger partial charge in [-0.05, 0) is 19.4 Å². The Bertz CT molecular complexity index is 823. The van der Waals surface area contributed by atoms with Gasteiger partial charge in [0.25, 0.3) is 0 Å². The van der Waals surface area contributed by atoms with Gasteiger partial charge in [0, 0.05) is 18.3 Å². The molecule has 1 aromatic rings. The maximum absolute atomic E-state index is 12.7. The molecule has 32 heavy (non-hydrogen) atoms. The molecule has 14 nitrogen and oxygen atoms in total. The Morgan fingerprint density at radius 1 is 1.06 bits per heavy atom. The number of carbonyl (C=O) groups is 5. The van der Waals surface area contributed by atoms with Gasteiger partial charge in [-0.1, -0.05) is 0 Å². The van der Waals surface area contributed by atoms with Crippen molar-refractivity contribution < 1.29 is 39.3 Å². The van der Waals surface area contributed by atoms with Crippen molar-refractivity contribution in [3.05, 3.63) is 18.2 Å². The number of hydrogen-bond donors (Lipinski definition) is 8. The van der Waals surface area contributed by atoms with Crippen LogP contribution < -0.4 is 21.3 Å². The number of aromatic amines is 1. The third kappa shape index (κ3) is 7.31. The number of amides is 3. The Kier molecular flexibility index (Phi) is 9.09. The highest BCUT2D eigenvalue weighted by atomic mass is 16.4. The molecule has 0 bridgehead atoms. The highest BCUT2D eigenvalue weighted by Crippen LogP contribution is 2.06. The van der Waals surface area contributed by atoms with Crippen molar-refractivity contribution in [3.63, 3.8) is 0 Å². The number of carboxylic acids is 2. The van der Waals surface area contributed by atoms with Crippen molar-refractivity contribution >= 4 is 29.7 Å². The van der Waals surface area contributed by atoms with Crippen LogP contribution in [0.25, 0.3) is 0 Å². The van der Waals surface area contributed by atoms with E-state index in [2.05, 4.69) is 31.2 Å². The lowest BCUT2D eigenvalue weighted by atomic mass is 10.1. The van der Waals surface area contributed by atoms with Crippen LogP contribution in [0.3, 0.4) is 0 Å². The van der Waals surface area contributed by atoms with Crippen molar-refractivity contribution in [2.45, 2.75) is 49.9 Å². The molecule has 4 unspecified atom stereocenters. The summed E-state index contributed by atoms with van der Waals surface area (Å²) in [6.45, 7) is -0.0823. The van der Waals surface area contributed by atoms with Crippen LogP contribution >= 0.6 is 0 Å². The minimum Gasteiger partial charge on any atom is -0.481 e. The van der Waals surface area contributed by atoms with E-state index in [0.29, 0.717) is 18.7 Å². The predicted octanol–water partition coefficient (Wildman–Crippen LogP) is -3.29. The molecule has 1 aliphatic heterocycles. The van der Waals surface area contributed by atoms with Crippen LogP contribution in [0.4, 0.5) is 0 Å². The monoisotopic (exact) mass is 454 g/mol. The third-order valence-electron chi connectivity index (χ3n) is 4.80. The minimum absolute atomic E-state index is 0.132. The number of nitrogens with zero attached hydrogens (tertiary/aromatic N) is 1. The van der Waals surface area contributed by atoms with Gasteiger partial charge < -0.3 is 41.6 Å². The molecule has 176 valence electrons. The lowest BCUT2D eigenvalue weighted by Gasteiger charge is -2.24. The van der Waals surface area contributed by atoms with Gasteiger partial charge in [-0.3, -0.25) is 19.2 Å². The van der Waals surface area contributed by atoms with E-state index >= 15 is 0 Å². The second-order valence-electron chi connectivity index (χ2n) is 7.23. The molecule has 0 aromatic carbocycles. The molecular weight excluding hydrogens is 428 g/mol. The standard InChI is InChI=1S/C18H26N6O8/c25-7-13(24-15(28)10-2-1-3-20-10)17(30)22-11(4-9-6-19-8-21-9)16(29)23-12(18(31)32)5-14(26)27/h6,8,10-13,20,25H,1-5,7H2,(H,19,21)(H,22,30)(H,23,29)(H,24,28)(H,26,27)(H,31,32). The van der Waals surface area contributed by atoms with Crippen LogP contribution in [0.5, 0.6) is 0 Å². The SMILES string of the molecule is O=C(O)CC(NC(=O)C(Cc1cnc[nH]1)NC(=O)C(CO)NC(=O)C1CCCN1)C(=O)O.